The SMILES string of the molecule is CCC1(C2=NCCN2)Cc2cc(N(Cc3ccccc3)S(=O)(=O)c3ccccc3)ccc2O1. The molecule has 3 aromatic rings. The molecule has 5 rings (SSSR count). The van der Waals surface area contributed by atoms with Gasteiger partial charge >= 0.3 is 0 Å². The van der Waals surface area contributed by atoms with Gasteiger partial charge in [0.2, 0.25) is 0 Å². The number of rotatable bonds is 7. The van der Waals surface area contributed by atoms with Crippen molar-refractivity contribution in [3.63, 3.8) is 0 Å². The van der Waals surface area contributed by atoms with E-state index in [0.29, 0.717) is 12.1 Å². The Morgan fingerprint density at radius 2 is 1.76 bits per heavy atom. The molecule has 0 aliphatic carbocycles. The average molecular weight is 462 g/mol. The maximum Gasteiger partial charge on any atom is 0.264 e. The molecule has 0 fully saturated rings. The predicted molar refractivity (Wildman–Crippen MR) is 130 cm³/mol. The minimum absolute atomic E-state index is 0.241. The molecule has 2 aliphatic heterocycles. The first-order valence-corrected chi connectivity index (χ1v) is 12.7. The number of aliphatic imine (C=N–C) groups is 1. The van der Waals surface area contributed by atoms with Crippen LogP contribution in [-0.4, -0.2) is 32.9 Å². The Bertz CT molecular complexity index is 1280. The van der Waals surface area contributed by atoms with E-state index in [0.717, 1.165) is 42.2 Å². The summed E-state index contributed by atoms with van der Waals surface area (Å²) in [4.78, 5) is 4.88. The van der Waals surface area contributed by atoms with Gasteiger partial charge in [-0.1, -0.05) is 55.5 Å². The Labute approximate surface area is 195 Å². The van der Waals surface area contributed by atoms with Crippen LogP contribution in [0.3, 0.4) is 0 Å². The molecule has 0 saturated carbocycles. The highest BCUT2D eigenvalue weighted by molar-refractivity contribution is 7.92. The molecule has 6 nitrogen and oxygen atoms in total. The van der Waals surface area contributed by atoms with Crippen LogP contribution < -0.4 is 14.4 Å². The summed E-state index contributed by atoms with van der Waals surface area (Å²) < 4.78 is 35.3. The third-order valence-electron chi connectivity index (χ3n) is 6.29. The Kier molecular flexibility index (Phi) is 5.58. The molecule has 1 unspecified atom stereocenters. The first-order chi connectivity index (χ1) is 16.0. The van der Waals surface area contributed by atoms with Gasteiger partial charge in [0, 0.05) is 18.5 Å². The molecule has 0 amide bonds. The van der Waals surface area contributed by atoms with Crippen LogP contribution in [0.1, 0.15) is 24.5 Å². The summed E-state index contributed by atoms with van der Waals surface area (Å²) in [6, 6.07) is 23.9. The van der Waals surface area contributed by atoms with Crippen LogP contribution >= 0.6 is 0 Å². The topological polar surface area (TPSA) is 71.0 Å². The number of hydrogen-bond donors (Lipinski definition) is 1. The van der Waals surface area contributed by atoms with Crippen molar-refractivity contribution in [3.8, 4) is 5.75 Å². The molecule has 0 aromatic heterocycles. The van der Waals surface area contributed by atoms with Crippen LogP contribution in [0.4, 0.5) is 5.69 Å². The van der Waals surface area contributed by atoms with Crippen molar-refractivity contribution in [3.05, 3.63) is 90.0 Å². The third kappa shape index (κ3) is 3.97. The van der Waals surface area contributed by atoms with Gasteiger partial charge in [0.1, 0.15) is 11.6 Å². The molecule has 0 radical (unpaired) electrons. The summed E-state index contributed by atoms with van der Waals surface area (Å²) in [7, 11) is -3.76. The second kappa shape index (κ2) is 8.56. The summed E-state index contributed by atoms with van der Waals surface area (Å²) in [5.41, 5.74) is 2.02. The highest BCUT2D eigenvalue weighted by Gasteiger charge is 2.44. The van der Waals surface area contributed by atoms with Crippen molar-refractivity contribution in [2.75, 3.05) is 17.4 Å². The zero-order valence-corrected chi connectivity index (χ0v) is 19.4. The smallest absolute Gasteiger partial charge is 0.264 e. The van der Waals surface area contributed by atoms with E-state index in [2.05, 4.69) is 17.2 Å². The molecular weight excluding hydrogens is 434 g/mol. The average Bonchev–Trinajstić information content (AvgIpc) is 3.52. The van der Waals surface area contributed by atoms with E-state index in [1.807, 2.05) is 54.6 Å². The summed E-state index contributed by atoms with van der Waals surface area (Å²) in [6.45, 7) is 3.91. The number of nitrogens with zero attached hydrogens (tertiary/aromatic N) is 2. The monoisotopic (exact) mass is 461 g/mol. The number of amidine groups is 1. The van der Waals surface area contributed by atoms with Crippen molar-refractivity contribution in [1.82, 2.24) is 5.32 Å². The van der Waals surface area contributed by atoms with E-state index < -0.39 is 15.6 Å². The van der Waals surface area contributed by atoms with Gasteiger partial charge in [-0.2, -0.15) is 0 Å². The van der Waals surface area contributed by atoms with E-state index in [1.54, 1.807) is 24.3 Å². The lowest BCUT2D eigenvalue weighted by Gasteiger charge is -2.27. The van der Waals surface area contributed by atoms with Gasteiger partial charge in [-0.15, -0.1) is 0 Å². The van der Waals surface area contributed by atoms with E-state index >= 15 is 0 Å². The maximum atomic E-state index is 13.7. The Morgan fingerprint density at radius 3 is 2.42 bits per heavy atom. The minimum Gasteiger partial charge on any atom is -0.479 e. The summed E-state index contributed by atoms with van der Waals surface area (Å²) in [5.74, 6) is 1.68. The second-order valence-corrected chi connectivity index (χ2v) is 10.2. The number of anilines is 1. The van der Waals surface area contributed by atoms with Crippen LogP contribution in [0, 0.1) is 0 Å². The molecule has 1 N–H and O–H groups in total. The molecule has 2 aliphatic rings. The number of hydrogen-bond acceptors (Lipinski definition) is 5. The fraction of sp³-hybridized carbons (Fsp3) is 0.269. The maximum absolute atomic E-state index is 13.7. The molecule has 33 heavy (non-hydrogen) atoms. The van der Waals surface area contributed by atoms with Gasteiger partial charge in [-0.05, 0) is 42.3 Å². The van der Waals surface area contributed by atoms with Crippen LogP contribution in [0.5, 0.6) is 5.75 Å². The number of nitrogens with one attached hydrogen (secondary N) is 1. The van der Waals surface area contributed by atoms with E-state index in [1.165, 1.54) is 4.31 Å². The molecular formula is C26H27N3O3S. The molecule has 0 spiro atoms. The van der Waals surface area contributed by atoms with E-state index in [-0.39, 0.29) is 11.4 Å². The van der Waals surface area contributed by atoms with Crippen molar-refractivity contribution in [2.45, 2.75) is 36.8 Å². The van der Waals surface area contributed by atoms with Crippen molar-refractivity contribution < 1.29 is 13.2 Å². The number of fused-ring (bicyclic) bond motifs is 1. The lowest BCUT2D eigenvalue weighted by molar-refractivity contribution is 0.162. The van der Waals surface area contributed by atoms with E-state index in [9.17, 15) is 8.42 Å². The van der Waals surface area contributed by atoms with Gasteiger partial charge in [0.15, 0.2) is 5.60 Å². The van der Waals surface area contributed by atoms with Crippen molar-refractivity contribution in [2.24, 2.45) is 4.99 Å². The number of sulfonamides is 1. The van der Waals surface area contributed by atoms with Crippen LogP contribution in [0.15, 0.2) is 88.8 Å². The highest BCUT2D eigenvalue weighted by Crippen LogP contribution is 2.41. The van der Waals surface area contributed by atoms with E-state index in [4.69, 9.17) is 4.74 Å². The third-order valence-corrected chi connectivity index (χ3v) is 8.08. The second-order valence-electron chi connectivity index (χ2n) is 8.39. The molecule has 0 saturated heterocycles. The van der Waals surface area contributed by atoms with Gasteiger partial charge < -0.3 is 10.1 Å². The molecule has 7 heteroatoms. The zero-order chi connectivity index (χ0) is 22.9. The standard InChI is InChI=1S/C26H27N3O3S/c1-2-26(25-27-15-16-28-25)18-21-17-22(13-14-24(21)32-26)29(19-20-9-5-3-6-10-20)33(30,31)23-11-7-4-8-12-23/h3-14,17H,2,15-16,18-19H2,1H3,(H,27,28). The summed E-state index contributed by atoms with van der Waals surface area (Å²) >= 11 is 0. The van der Waals surface area contributed by atoms with Crippen molar-refractivity contribution in [1.29, 1.82) is 0 Å². The first kappa shape index (κ1) is 21.5. The molecule has 0 bridgehead atoms. The predicted octanol–water partition coefficient (Wildman–Crippen LogP) is 4.17. The van der Waals surface area contributed by atoms with Crippen LogP contribution in [-0.2, 0) is 23.0 Å². The largest absolute Gasteiger partial charge is 0.479 e. The lowest BCUT2D eigenvalue weighted by atomic mass is 9.93. The number of benzene rings is 3. The highest BCUT2D eigenvalue weighted by atomic mass is 32.2. The van der Waals surface area contributed by atoms with Crippen LogP contribution in [0.2, 0.25) is 0 Å². The van der Waals surface area contributed by atoms with Gasteiger partial charge in [0.25, 0.3) is 10.0 Å². The Hall–Kier alpha value is -3.32. The minimum atomic E-state index is -3.76. The fourth-order valence-corrected chi connectivity index (χ4v) is 5.96. The number of ether oxygens (including phenoxy) is 1. The molecule has 170 valence electrons. The van der Waals surface area contributed by atoms with Gasteiger partial charge in [-0.25, -0.2) is 8.42 Å². The summed E-state index contributed by atoms with van der Waals surface area (Å²) in [5, 5.41) is 3.36. The quantitative estimate of drug-likeness (QED) is 0.573. The van der Waals surface area contributed by atoms with Crippen LogP contribution in [0.25, 0.3) is 0 Å². The molecule has 1 atom stereocenters. The fourth-order valence-electron chi connectivity index (χ4n) is 4.50. The normalized spacial score (nSPS) is 19.4. The Morgan fingerprint density at radius 1 is 1.03 bits per heavy atom. The summed E-state index contributed by atoms with van der Waals surface area (Å²) in [6.07, 6.45) is 1.43. The van der Waals surface area contributed by atoms with Gasteiger partial charge in [-0.3, -0.25) is 9.30 Å². The first-order valence-electron chi connectivity index (χ1n) is 11.2. The molecule has 3 aromatic carbocycles. The Balaban J connectivity index is 1.54. The van der Waals surface area contributed by atoms with Crippen molar-refractivity contribution >= 4 is 21.5 Å². The molecule has 2 heterocycles. The lowest BCUT2D eigenvalue weighted by Crippen LogP contribution is -2.48. The zero-order valence-electron chi connectivity index (χ0n) is 18.6. The van der Waals surface area contributed by atoms with Gasteiger partial charge in [0.05, 0.1) is 23.7 Å².